The monoisotopic (exact) mass is 402 g/mol. The van der Waals surface area contributed by atoms with Gasteiger partial charge in [-0.25, -0.2) is 0 Å². The van der Waals surface area contributed by atoms with Gasteiger partial charge in [-0.05, 0) is 48.1 Å². The Balaban J connectivity index is 1.29. The molecule has 0 spiro atoms. The summed E-state index contributed by atoms with van der Waals surface area (Å²) in [4.78, 5) is 12.5. The number of fused-ring (bicyclic) bond motifs is 2. The van der Waals surface area contributed by atoms with Gasteiger partial charge in [0.1, 0.15) is 0 Å². The normalized spacial score (nSPS) is 28.3. The van der Waals surface area contributed by atoms with Crippen molar-refractivity contribution < 1.29 is 4.79 Å². The molecule has 1 heterocycles. The highest BCUT2D eigenvalue weighted by Crippen LogP contribution is 2.65. The van der Waals surface area contributed by atoms with Gasteiger partial charge in [0.25, 0.3) is 0 Å². The van der Waals surface area contributed by atoms with Crippen LogP contribution in [-0.4, -0.2) is 27.9 Å². The van der Waals surface area contributed by atoms with E-state index in [1.165, 1.54) is 35.9 Å². The van der Waals surface area contributed by atoms with Crippen LogP contribution in [0.2, 0.25) is 0 Å². The molecule has 2 aromatic rings. The first-order chi connectivity index (χ1) is 12.9. The van der Waals surface area contributed by atoms with Crippen LogP contribution in [0.5, 0.6) is 0 Å². The summed E-state index contributed by atoms with van der Waals surface area (Å²) in [5.74, 6) is 1.22. The average molecular weight is 403 g/mol. The fourth-order valence-electron chi connectivity index (χ4n) is 4.75. The van der Waals surface area contributed by atoms with Gasteiger partial charge in [-0.3, -0.25) is 4.79 Å². The molecule has 2 fully saturated rings. The van der Waals surface area contributed by atoms with Gasteiger partial charge in [0, 0.05) is 11.7 Å². The van der Waals surface area contributed by atoms with Crippen LogP contribution in [0.4, 0.5) is 10.8 Å². The SMILES string of the molecule is CC1(C)C2CCC1(C)C(NC(=O)CSc1nnc(Nc3ccccc3)s1)C2. The number of thioether (sulfide) groups is 1. The van der Waals surface area contributed by atoms with Gasteiger partial charge in [0.15, 0.2) is 4.34 Å². The number of benzene rings is 1. The van der Waals surface area contributed by atoms with E-state index in [9.17, 15) is 4.79 Å². The molecule has 0 saturated heterocycles. The van der Waals surface area contributed by atoms with Gasteiger partial charge >= 0.3 is 0 Å². The van der Waals surface area contributed by atoms with Crippen LogP contribution in [0.3, 0.4) is 0 Å². The topological polar surface area (TPSA) is 66.9 Å². The number of para-hydroxylation sites is 1. The zero-order chi connectivity index (χ0) is 19.1. The second kappa shape index (κ2) is 7.09. The predicted molar refractivity (Wildman–Crippen MR) is 112 cm³/mol. The van der Waals surface area contributed by atoms with Crippen molar-refractivity contribution in [3.8, 4) is 0 Å². The summed E-state index contributed by atoms with van der Waals surface area (Å²) >= 11 is 2.93. The number of nitrogens with zero attached hydrogens (tertiary/aromatic N) is 2. The van der Waals surface area contributed by atoms with Gasteiger partial charge in [0.2, 0.25) is 11.0 Å². The predicted octanol–water partition coefficient (Wildman–Crippen LogP) is 4.70. The molecule has 0 radical (unpaired) electrons. The Morgan fingerprint density at radius 1 is 1.26 bits per heavy atom. The van der Waals surface area contributed by atoms with E-state index in [4.69, 9.17) is 0 Å². The molecular formula is C20H26N4OS2. The maximum absolute atomic E-state index is 12.5. The summed E-state index contributed by atoms with van der Waals surface area (Å²) in [5, 5.41) is 15.6. The van der Waals surface area contributed by atoms with Crippen molar-refractivity contribution in [2.75, 3.05) is 11.1 Å². The molecule has 2 N–H and O–H groups in total. The summed E-state index contributed by atoms with van der Waals surface area (Å²) in [6.45, 7) is 7.09. The van der Waals surface area contributed by atoms with Crippen molar-refractivity contribution in [1.82, 2.24) is 15.5 Å². The highest BCUT2D eigenvalue weighted by molar-refractivity contribution is 8.01. The zero-order valence-corrected chi connectivity index (χ0v) is 17.6. The molecule has 4 rings (SSSR count). The number of aromatic nitrogens is 2. The van der Waals surface area contributed by atoms with E-state index >= 15 is 0 Å². The summed E-state index contributed by atoms with van der Waals surface area (Å²) in [6.07, 6.45) is 3.63. The highest BCUT2D eigenvalue weighted by atomic mass is 32.2. The molecule has 2 saturated carbocycles. The molecule has 3 atom stereocenters. The van der Waals surface area contributed by atoms with E-state index in [0.29, 0.717) is 17.2 Å². The van der Waals surface area contributed by atoms with Gasteiger partial charge in [-0.2, -0.15) is 0 Å². The quantitative estimate of drug-likeness (QED) is 0.685. The lowest BCUT2D eigenvalue weighted by atomic mass is 9.69. The Morgan fingerprint density at radius 3 is 2.70 bits per heavy atom. The third kappa shape index (κ3) is 3.47. The highest BCUT2D eigenvalue weighted by Gasteiger charge is 2.61. The molecule has 1 aromatic heterocycles. The Bertz CT molecular complexity index is 822. The van der Waals surface area contributed by atoms with E-state index in [0.717, 1.165) is 27.5 Å². The number of anilines is 2. The van der Waals surface area contributed by atoms with Crippen molar-refractivity contribution >= 4 is 39.8 Å². The lowest BCUT2D eigenvalue weighted by Gasteiger charge is -2.39. The largest absolute Gasteiger partial charge is 0.352 e. The molecule has 1 amide bonds. The molecular weight excluding hydrogens is 376 g/mol. The Kier molecular flexibility index (Phi) is 4.93. The molecule has 2 aliphatic rings. The molecule has 2 bridgehead atoms. The summed E-state index contributed by atoms with van der Waals surface area (Å²) in [5.41, 5.74) is 1.51. The van der Waals surface area contributed by atoms with Crippen molar-refractivity contribution in [3.05, 3.63) is 30.3 Å². The Labute approximate surface area is 168 Å². The first-order valence-electron chi connectivity index (χ1n) is 9.46. The molecule has 1 aromatic carbocycles. The molecule has 0 aliphatic heterocycles. The zero-order valence-electron chi connectivity index (χ0n) is 16.0. The van der Waals surface area contributed by atoms with Crippen LogP contribution in [-0.2, 0) is 4.79 Å². The fraction of sp³-hybridized carbons (Fsp3) is 0.550. The summed E-state index contributed by atoms with van der Waals surface area (Å²) < 4.78 is 0.808. The maximum atomic E-state index is 12.5. The number of amides is 1. The standard InChI is InChI=1S/C20H26N4OS2/c1-19(2)13-9-10-20(19,3)15(11-13)22-16(25)12-26-18-24-23-17(27-18)21-14-7-5-4-6-8-14/h4-8,13,15H,9-12H2,1-3H3,(H,21,23)(H,22,25). The maximum Gasteiger partial charge on any atom is 0.230 e. The second-order valence-corrected chi connectivity index (χ2v) is 10.6. The van der Waals surface area contributed by atoms with E-state index in [1.54, 1.807) is 0 Å². The smallest absolute Gasteiger partial charge is 0.230 e. The van der Waals surface area contributed by atoms with E-state index < -0.39 is 0 Å². The summed E-state index contributed by atoms with van der Waals surface area (Å²) in [6, 6.07) is 10.2. The lowest BCUT2D eigenvalue weighted by Crippen LogP contribution is -2.47. The molecule has 27 heavy (non-hydrogen) atoms. The third-order valence-electron chi connectivity index (χ3n) is 6.89. The van der Waals surface area contributed by atoms with Crippen molar-refractivity contribution in [2.45, 2.75) is 50.4 Å². The third-order valence-corrected chi connectivity index (χ3v) is 8.86. The van der Waals surface area contributed by atoms with E-state index in [1.807, 2.05) is 30.3 Å². The molecule has 7 heteroatoms. The Morgan fingerprint density at radius 2 is 2.04 bits per heavy atom. The molecule has 2 aliphatic carbocycles. The average Bonchev–Trinajstić information content (AvgIpc) is 3.23. The van der Waals surface area contributed by atoms with Crippen molar-refractivity contribution in [1.29, 1.82) is 0 Å². The minimum Gasteiger partial charge on any atom is -0.352 e. The van der Waals surface area contributed by atoms with Gasteiger partial charge in [-0.15, -0.1) is 10.2 Å². The number of hydrogen-bond acceptors (Lipinski definition) is 6. The molecule has 144 valence electrons. The van der Waals surface area contributed by atoms with Crippen LogP contribution in [0.15, 0.2) is 34.7 Å². The van der Waals surface area contributed by atoms with E-state index in [-0.39, 0.29) is 11.3 Å². The number of carbonyl (C=O) groups is 1. The molecule has 5 nitrogen and oxygen atoms in total. The van der Waals surface area contributed by atoms with Crippen molar-refractivity contribution in [2.24, 2.45) is 16.7 Å². The van der Waals surface area contributed by atoms with E-state index in [2.05, 4.69) is 41.6 Å². The minimum atomic E-state index is 0.0994. The first-order valence-corrected chi connectivity index (χ1v) is 11.3. The Hall–Kier alpha value is -1.60. The van der Waals surface area contributed by atoms with Gasteiger partial charge in [-0.1, -0.05) is 62.1 Å². The fourth-order valence-corrected chi connectivity index (χ4v) is 6.33. The lowest BCUT2D eigenvalue weighted by molar-refractivity contribution is -0.120. The van der Waals surface area contributed by atoms with Crippen LogP contribution < -0.4 is 10.6 Å². The van der Waals surface area contributed by atoms with Crippen molar-refractivity contribution in [3.63, 3.8) is 0 Å². The number of hydrogen-bond donors (Lipinski definition) is 2. The number of nitrogens with one attached hydrogen (secondary N) is 2. The van der Waals surface area contributed by atoms with Crippen LogP contribution in [0.1, 0.15) is 40.0 Å². The van der Waals surface area contributed by atoms with Gasteiger partial charge < -0.3 is 10.6 Å². The number of rotatable bonds is 6. The first kappa shape index (κ1) is 18.7. The van der Waals surface area contributed by atoms with Gasteiger partial charge in [0.05, 0.1) is 5.75 Å². The minimum absolute atomic E-state index is 0.0994. The number of carbonyl (C=O) groups excluding carboxylic acids is 1. The summed E-state index contributed by atoms with van der Waals surface area (Å²) in [7, 11) is 0. The van der Waals surface area contributed by atoms with Crippen LogP contribution >= 0.6 is 23.1 Å². The van der Waals surface area contributed by atoms with Crippen LogP contribution in [0.25, 0.3) is 0 Å². The molecule has 3 unspecified atom stereocenters. The second-order valence-electron chi connectivity index (χ2n) is 8.38. The van der Waals surface area contributed by atoms with Crippen LogP contribution in [0, 0.1) is 16.7 Å².